The second-order valence-electron chi connectivity index (χ2n) is 7.14. The first-order valence-corrected chi connectivity index (χ1v) is 11.4. The van der Waals surface area contributed by atoms with Gasteiger partial charge in [0, 0.05) is 18.2 Å². The summed E-state index contributed by atoms with van der Waals surface area (Å²) in [6.07, 6.45) is 2.26. The van der Waals surface area contributed by atoms with Gasteiger partial charge in [0.25, 0.3) is 15.9 Å². The number of sulfonamides is 1. The quantitative estimate of drug-likeness (QED) is 0.541. The summed E-state index contributed by atoms with van der Waals surface area (Å²) in [5.41, 5.74) is 2.40. The van der Waals surface area contributed by atoms with Gasteiger partial charge in [-0.2, -0.15) is 0 Å². The van der Waals surface area contributed by atoms with Crippen LogP contribution >= 0.6 is 0 Å². The molecule has 3 rings (SSSR count). The Morgan fingerprint density at radius 1 is 1.03 bits per heavy atom. The summed E-state index contributed by atoms with van der Waals surface area (Å²) in [5, 5.41) is 2.81. The Morgan fingerprint density at radius 2 is 1.77 bits per heavy atom. The van der Waals surface area contributed by atoms with Crippen molar-refractivity contribution >= 4 is 21.6 Å². The standard InChI is InChI=1S/C23H25N3O4S/c1-4-13-24-23(27)18-7-10-20(11-8-18)30-22-12-9-19(15-25-22)26-31(28,29)21-14-16(2)5-6-17(21)3/h5-12,14-15,26H,4,13H2,1-3H3,(H,24,27). The molecule has 162 valence electrons. The third-order valence-electron chi connectivity index (χ3n) is 4.50. The third-order valence-corrected chi connectivity index (χ3v) is 6.02. The van der Waals surface area contributed by atoms with Gasteiger partial charge < -0.3 is 10.1 Å². The SMILES string of the molecule is CCCNC(=O)c1ccc(Oc2ccc(NS(=O)(=O)c3cc(C)ccc3C)cn2)cc1. The van der Waals surface area contributed by atoms with E-state index in [4.69, 9.17) is 4.74 Å². The molecule has 3 aromatic rings. The van der Waals surface area contributed by atoms with E-state index in [1.54, 1.807) is 55.5 Å². The van der Waals surface area contributed by atoms with E-state index in [0.29, 0.717) is 35.0 Å². The first-order chi connectivity index (χ1) is 14.8. The maximum atomic E-state index is 12.7. The Morgan fingerprint density at radius 3 is 2.42 bits per heavy atom. The number of hydrogen-bond acceptors (Lipinski definition) is 5. The number of amides is 1. The fourth-order valence-corrected chi connectivity index (χ4v) is 4.22. The molecule has 1 heterocycles. The van der Waals surface area contributed by atoms with Crippen molar-refractivity contribution in [3.63, 3.8) is 0 Å². The van der Waals surface area contributed by atoms with Crippen molar-refractivity contribution < 1.29 is 17.9 Å². The molecule has 0 unspecified atom stereocenters. The molecule has 0 radical (unpaired) electrons. The highest BCUT2D eigenvalue weighted by molar-refractivity contribution is 7.92. The molecule has 7 nitrogen and oxygen atoms in total. The second kappa shape index (κ2) is 9.61. The van der Waals surface area contributed by atoms with E-state index < -0.39 is 10.0 Å². The number of nitrogens with zero attached hydrogens (tertiary/aromatic N) is 1. The van der Waals surface area contributed by atoms with E-state index in [2.05, 4.69) is 15.0 Å². The Labute approximate surface area is 182 Å². The minimum atomic E-state index is -3.73. The normalized spacial score (nSPS) is 11.1. The predicted octanol–water partition coefficient (Wildman–Crippen LogP) is 4.43. The lowest BCUT2D eigenvalue weighted by molar-refractivity contribution is 0.0953. The predicted molar refractivity (Wildman–Crippen MR) is 120 cm³/mol. The summed E-state index contributed by atoms with van der Waals surface area (Å²) >= 11 is 0. The first kappa shape index (κ1) is 22.3. The van der Waals surface area contributed by atoms with Gasteiger partial charge in [-0.05, 0) is 67.8 Å². The molecule has 0 saturated carbocycles. The molecule has 0 atom stereocenters. The van der Waals surface area contributed by atoms with E-state index in [-0.39, 0.29) is 10.8 Å². The Kier molecular flexibility index (Phi) is 6.91. The Balaban J connectivity index is 1.66. The zero-order valence-electron chi connectivity index (χ0n) is 17.7. The maximum absolute atomic E-state index is 12.7. The van der Waals surface area contributed by atoms with Crippen molar-refractivity contribution in [3.05, 3.63) is 77.5 Å². The van der Waals surface area contributed by atoms with Gasteiger partial charge in [-0.25, -0.2) is 13.4 Å². The summed E-state index contributed by atoms with van der Waals surface area (Å²) in [7, 11) is -3.73. The van der Waals surface area contributed by atoms with Crippen molar-refractivity contribution in [1.82, 2.24) is 10.3 Å². The highest BCUT2D eigenvalue weighted by Gasteiger charge is 2.17. The molecular formula is C23H25N3O4S. The van der Waals surface area contributed by atoms with Crippen molar-refractivity contribution in [2.24, 2.45) is 0 Å². The largest absolute Gasteiger partial charge is 0.439 e. The molecule has 2 aromatic carbocycles. The number of benzene rings is 2. The molecule has 8 heteroatoms. The number of nitrogens with one attached hydrogen (secondary N) is 2. The molecule has 1 amide bonds. The van der Waals surface area contributed by atoms with Crippen molar-refractivity contribution in [1.29, 1.82) is 0 Å². The van der Waals surface area contributed by atoms with Gasteiger partial charge in [0.2, 0.25) is 5.88 Å². The van der Waals surface area contributed by atoms with Crippen molar-refractivity contribution in [2.75, 3.05) is 11.3 Å². The van der Waals surface area contributed by atoms with Crippen LogP contribution in [0.1, 0.15) is 34.8 Å². The molecule has 0 spiro atoms. The number of aryl methyl sites for hydroxylation is 2. The van der Waals surface area contributed by atoms with Crippen LogP contribution in [0.3, 0.4) is 0 Å². The molecule has 0 aliphatic rings. The number of ether oxygens (including phenoxy) is 1. The molecule has 0 aliphatic carbocycles. The fourth-order valence-electron chi connectivity index (χ4n) is 2.84. The Bertz CT molecular complexity index is 1160. The van der Waals surface area contributed by atoms with Crippen molar-refractivity contribution in [3.8, 4) is 11.6 Å². The highest BCUT2D eigenvalue weighted by Crippen LogP contribution is 2.23. The van der Waals surface area contributed by atoms with Crippen LogP contribution in [0.4, 0.5) is 5.69 Å². The first-order valence-electron chi connectivity index (χ1n) is 9.91. The lowest BCUT2D eigenvalue weighted by atomic mass is 10.2. The number of rotatable bonds is 8. The molecule has 0 saturated heterocycles. The van der Waals surface area contributed by atoms with Gasteiger partial charge >= 0.3 is 0 Å². The average Bonchev–Trinajstić information content (AvgIpc) is 2.75. The number of aromatic nitrogens is 1. The molecule has 0 fully saturated rings. The number of carbonyl (C=O) groups excluding carboxylic acids is 1. The second-order valence-corrected chi connectivity index (χ2v) is 8.79. The van der Waals surface area contributed by atoms with Gasteiger partial charge in [-0.3, -0.25) is 9.52 Å². The van der Waals surface area contributed by atoms with Crippen LogP contribution in [-0.2, 0) is 10.0 Å². The molecule has 1 aromatic heterocycles. The lowest BCUT2D eigenvalue weighted by Gasteiger charge is -2.11. The molecule has 31 heavy (non-hydrogen) atoms. The number of anilines is 1. The fraction of sp³-hybridized carbons (Fsp3) is 0.217. The lowest BCUT2D eigenvalue weighted by Crippen LogP contribution is -2.23. The smallest absolute Gasteiger partial charge is 0.262 e. The highest BCUT2D eigenvalue weighted by atomic mass is 32.2. The van der Waals surface area contributed by atoms with Crippen LogP contribution in [0, 0.1) is 13.8 Å². The van der Waals surface area contributed by atoms with Crippen LogP contribution in [0.2, 0.25) is 0 Å². The third kappa shape index (κ3) is 5.82. The van der Waals surface area contributed by atoms with Crippen molar-refractivity contribution in [2.45, 2.75) is 32.1 Å². The zero-order chi connectivity index (χ0) is 22.4. The van der Waals surface area contributed by atoms with Gasteiger partial charge in [-0.1, -0.05) is 19.1 Å². The summed E-state index contributed by atoms with van der Waals surface area (Å²) in [4.78, 5) is 16.3. The average molecular weight is 440 g/mol. The number of hydrogen-bond donors (Lipinski definition) is 2. The van der Waals surface area contributed by atoms with E-state index in [0.717, 1.165) is 12.0 Å². The monoisotopic (exact) mass is 439 g/mol. The summed E-state index contributed by atoms with van der Waals surface area (Å²) in [6, 6.07) is 15.1. The summed E-state index contributed by atoms with van der Waals surface area (Å²) in [6.45, 7) is 6.21. The molecule has 0 bridgehead atoms. The van der Waals surface area contributed by atoms with E-state index in [1.165, 1.54) is 6.20 Å². The van der Waals surface area contributed by atoms with E-state index in [9.17, 15) is 13.2 Å². The van der Waals surface area contributed by atoms with Gasteiger partial charge in [-0.15, -0.1) is 0 Å². The molecular weight excluding hydrogens is 414 g/mol. The van der Waals surface area contributed by atoms with Crippen LogP contribution in [-0.4, -0.2) is 25.9 Å². The van der Waals surface area contributed by atoms with E-state index >= 15 is 0 Å². The minimum absolute atomic E-state index is 0.132. The summed E-state index contributed by atoms with van der Waals surface area (Å²) < 4.78 is 33.6. The van der Waals surface area contributed by atoms with Gasteiger partial charge in [0.15, 0.2) is 0 Å². The zero-order valence-corrected chi connectivity index (χ0v) is 18.5. The van der Waals surface area contributed by atoms with Gasteiger partial charge in [0.1, 0.15) is 5.75 Å². The molecule has 2 N–H and O–H groups in total. The topological polar surface area (TPSA) is 97.4 Å². The van der Waals surface area contributed by atoms with Crippen LogP contribution in [0.5, 0.6) is 11.6 Å². The molecule has 0 aliphatic heterocycles. The van der Waals surface area contributed by atoms with Gasteiger partial charge in [0.05, 0.1) is 16.8 Å². The minimum Gasteiger partial charge on any atom is -0.439 e. The number of carbonyl (C=O) groups is 1. The Hall–Kier alpha value is -3.39. The van der Waals surface area contributed by atoms with E-state index in [1.807, 2.05) is 19.9 Å². The van der Waals surface area contributed by atoms with Crippen LogP contribution in [0.15, 0.2) is 65.7 Å². The van der Waals surface area contributed by atoms with Crippen LogP contribution in [0.25, 0.3) is 0 Å². The maximum Gasteiger partial charge on any atom is 0.262 e. The number of pyridine rings is 1. The summed E-state index contributed by atoms with van der Waals surface area (Å²) in [5.74, 6) is 0.688. The van der Waals surface area contributed by atoms with Crippen LogP contribution < -0.4 is 14.8 Å².